The molecule has 22 heavy (non-hydrogen) atoms. The fourth-order valence-corrected chi connectivity index (χ4v) is 3.20. The van der Waals surface area contributed by atoms with Crippen LogP contribution in [0.1, 0.15) is 44.3 Å². The minimum absolute atomic E-state index is 0.231. The van der Waals surface area contributed by atoms with Gasteiger partial charge in [-0.15, -0.1) is 0 Å². The Morgan fingerprint density at radius 3 is 2.82 bits per heavy atom. The molecule has 1 aliphatic rings. The second-order valence-electron chi connectivity index (χ2n) is 5.92. The van der Waals surface area contributed by atoms with E-state index in [0.717, 1.165) is 32.5 Å². The van der Waals surface area contributed by atoms with Crippen molar-refractivity contribution in [2.24, 2.45) is 0 Å². The molecule has 1 aliphatic heterocycles. The van der Waals surface area contributed by atoms with Crippen LogP contribution in [0.25, 0.3) is 0 Å². The van der Waals surface area contributed by atoms with Crippen LogP contribution in [0.5, 0.6) is 0 Å². The van der Waals surface area contributed by atoms with Crippen LogP contribution in [0.2, 0.25) is 0 Å². The van der Waals surface area contributed by atoms with Crippen LogP contribution in [0.3, 0.4) is 0 Å². The lowest BCUT2D eigenvalue weighted by molar-refractivity contribution is 0.456. The summed E-state index contributed by atoms with van der Waals surface area (Å²) in [6, 6.07) is 1.76. The summed E-state index contributed by atoms with van der Waals surface area (Å²) in [5.41, 5.74) is 0.669. The number of anilines is 1. The lowest BCUT2D eigenvalue weighted by atomic mass is 9.95. The van der Waals surface area contributed by atoms with Gasteiger partial charge in [-0.2, -0.15) is 0 Å². The minimum atomic E-state index is -0.231. The van der Waals surface area contributed by atoms with Gasteiger partial charge < -0.3 is 9.47 Å². The lowest BCUT2D eigenvalue weighted by Gasteiger charge is -2.33. The van der Waals surface area contributed by atoms with Crippen LogP contribution < -0.4 is 4.90 Å². The molecule has 5 heteroatoms. The Hall–Kier alpha value is -1.91. The van der Waals surface area contributed by atoms with E-state index in [1.165, 1.54) is 24.9 Å². The molecule has 1 saturated heterocycles. The van der Waals surface area contributed by atoms with Gasteiger partial charge in [-0.05, 0) is 25.3 Å². The van der Waals surface area contributed by atoms with Gasteiger partial charge in [0.05, 0.1) is 11.9 Å². The maximum Gasteiger partial charge on any atom is 0.164 e. The van der Waals surface area contributed by atoms with E-state index < -0.39 is 0 Å². The van der Waals surface area contributed by atoms with E-state index in [-0.39, 0.29) is 5.82 Å². The molecule has 0 aliphatic carbocycles. The maximum absolute atomic E-state index is 13.8. The largest absolute Gasteiger partial charge is 0.369 e. The van der Waals surface area contributed by atoms with Crippen molar-refractivity contribution in [1.29, 1.82) is 0 Å². The zero-order chi connectivity index (χ0) is 15.4. The first-order valence-electron chi connectivity index (χ1n) is 8.15. The van der Waals surface area contributed by atoms with Gasteiger partial charge in [0.15, 0.2) is 5.82 Å². The average molecular weight is 302 g/mol. The molecule has 4 nitrogen and oxygen atoms in total. The number of imidazole rings is 1. The minimum Gasteiger partial charge on any atom is -0.369 e. The summed E-state index contributed by atoms with van der Waals surface area (Å²) in [6.45, 7) is 4.99. The van der Waals surface area contributed by atoms with Crippen LogP contribution in [-0.4, -0.2) is 27.6 Å². The van der Waals surface area contributed by atoms with E-state index in [0.29, 0.717) is 11.6 Å². The number of halogens is 1. The van der Waals surface area contributed by atoms with Crippen LogP contribution in [-0.2, 0) is 6.54 Å². The summed E-state index contributed by atoms with van der Waals surface area (Å²) in [5, 5.41) is 0. The number of piperidine rings is 1. The van der Waals surface area contributed by atoms with Crippen LogP contribution in [0.15, 0.2) is 30.9 Å². The summed E-state index contributed by atoms with van der Waals surface area (Å²) >= 11 is 0. The van der Waals surface area contributed by atoms with Crippen molar-refractivity contribution in [2.45, 2.75) is 45.1 Å². The van der Waals surface area contributed by atoms with Gasteiger partial charge >= 0.3 is 0 Å². The lowest BCUT2D eigenvalue weighted by Crippen LogP contribution is -2.34. The quantitative estimate of drug-likeness (QED) is 0.846. The zero-order valence-electron chi connectivity index (χ0n) is 13.1. The van der Waals surface area contributed by atoms with E-state index in [1.807, 2.05) is 6.20 Å². The standard InChI is InChI=1S/C17H23FN4/c1-2-3-9-22-12-8-20-17(22)14-5-10-21(11-6-14)16-4-7-19-13-15(16)18/h4,7-8,12-14H,2-3,5-6,9-11H2,1H3. The highest BCUT2D eigenvalue weighted by molar-refractivity contribution is 5.46. The van der Waals surface area contributed by atoms with Gasteiger partial charge in [-0.3, -0.25) is 4.98 Å². The van der Waals surface area contributed by atoms with Gasteiger partial charge in [0.2, 0.25) is 0 Å². The molecule has 0 amide bonds. The molecule has 3 heterocycles. The first kappa shape index (κ1) is 15.0. The van der Waals surface area contributed by atoms with Gasteiger partial charge in [0, 0.05) is 44.1 Å². The molecular formula is C17H23FN4. The highest BCUT2D eigenvalue weighted by atomic mass is 19.1. The predicted octanol–water partition coefficient (Wildman–Crippen LogP) is 3.60. The Morgan fingerprint density at radius 1 is 1.27 bits per heavy atom. The molecule has 0 saturated carbocycles. The summed E-state index contributed by atoms with van der Waals surface area (Å²) < 4.78 is 16.1. The fourth-order valence-electron chi connectivity index (χ4n) is 3.20. The van der Waals surface area contributed by atoms with E-state index in [4.69, 9.17) is 0 Å². The van der Waals surface area contributed by atoms with Crippen LogP contribution in [0.4, 0.5) is 10.1 Å². The number of pyridine rings is 1. The molecule has 2 aromatic rings. The smallest absolute Gasteiger partial charge is 0.164 e. The first-order valence-corrected chi connectivity index (χ1v) is 8.15. The molecule has 0 radical (unpaired) electrons. The Balaban J connectivity index is 1.65. The molecule has 0 N–H and O–H groups in total. The normalized spacial score (nSPS) is 16.2. The van der Waals surface area contributed by atoms with Crippen molar-refractivity contribution in [3.8, 4) is 0 Å². The van der Waals surface area contributed by atoms with Crippen molar-refractivity contribution in [1.82, 2.24) is 14.5 Å². The molecule has 0 bridgehead atoms. The second-order valence-corrected chi connectivity index (χ2v) is 5.92. The summed E-state index contributed by atoms with van der Waals surface area (Å²) in [6.07, 6.45) is 11.3. The third kappa shape index (κ3) is 3.13. The van der Waals surface area contributed by atoms with Crippen molar-refractivity contribution in [3.05, 3.63) is 42.5 Å². The van der Waals surface area contributed by atoms with Gasteiger partial charge in [0.1, 0.15) is 5.82 Å². The summed E-state index contributed by atoms with van der Waals surface area (Å²) in [5.74, 6) is 1.45. The van der Waals surface area contributed by atoms with Crippen molar-refractivity contribution in [3.63, 3.8) is 0 Å². The molecular weight excluding hydrogens is 279 g/mol. The van der Waals surface area contributed by atoms with Crippen LogP contribution in [0, 0.1) is 5.82 Å². The maximum atomic E-state index is 13.8. The fraction of sp³-hybridized carbons (Fsp3) is 0.529. The van der Waals surface area contributed by atoms with E-state index in [9.17, 15) is 4.39 Å². The van der Waals surface area contributed by atoms with E-state index >= 15 is 0 Å². The van der Waals surface area contributed by atoms with Crippen LogP contribution >= 0.6 is 0 Å². The third-order valence-electron chi connectivity index (χ3n) is 4.45. The van der Waals surface area contributed by atoms with Crippen molar-refractivity contribution >= 4 is 5.69 Å². The SMILES string of the molecule is CCCCn1ccnc1C1CCN(c2ccncc2F)CC1. The Morgan fingerprint density at radius 2 is 2.09 bits per heavy atom. The van der Waals surface area contributed by atoms with Crippen molar-refractivity contribution in [2.75, 3.05) is 18.0 Å². The zero-order valence-corrected chi connectivity index (χ0v) is 13.1. The number of unbranched alkanes of at least 4 members (excludes halogenated alkanes) is 1. The molecule has 0 unspecified atom stereocenters. The summed E-state index contributed by atoms with van der Waals surface area (Å²) in [7, 11) is 0. The number of aromatic nitrogens is 3. The Bertz CT molecular complexity index is 602. The van der Waals surface area contributed by atoms with E-state index in [1.54, 1.807) is 12.3 Å². The number of rotatable bonds is 5. The number of aryl methyl sites for hydroxylation is 1. The molecule has 0 spiro atoms. The molecule has 118 valence electrons. The third-order valence-corrected chi connectivity index (χ3v) is 4.45. The molecule has 1 fully saturated rings. The monoisotopic (exact) mass is 302 g/mol. The van der Waals surface area contributed by atoms with Crippen molar-refractivity contribution < 1.29 is 4.39 Å². The Kier molecular flexibility index (Phi) is 4.71. The van der Waals surface area contributed by atoms with E-state index in [2.05, 4.69) is 32.6 Å². The molecule has 3 rings (SSSR count). The number of hydrogen-bond donors (Lipinski definition) is 0. The summed E-state index contributed by atoms with van der Waals surface area (Å²) in [4.78, 5) is 10.5. The first-order chi connectivity index (χ1) is 10.8. The number of hydrogen-bond acceptors (Lipinski definition) is 3. The Labute approximate surface area is 131 Å². The van der Waals surface area contributed by atoms with Gasteiger partial charge in [0.25, 0.3) is 0 Å². The van der Waals surface area contributed by atoms with Gasteiger partial charge in [-0.1, -0.05) is 13.3 Å². The predicted molar refractivity (Wildman–Crippen MR) is 85.5 cm³/mol. The van der Waals surface area contributed by atoms with Gasteiger partial charge in [-0.25, -0.2) is 9.37 Å². The molecule has 0 atom stereocenters. The molecule has 2 aromatic heterocycles. The number of nitrogens with zero attached hydrogens (tertiary/aromatic N) is 4. The average Bonchev–Trinajstić information content (AvgIpc) is 3.02. The highest BCUT2D eigenvalue weighted by Gasteiger charge is 2.25. The highest BCUT2D eigenvalue weighted by Crippen LogP contribution is 2.30. The second kappa shape index (κ2) is 6.90. The molecule has 0 aromatic carbocycles. The topological polar surface area (TPSA) is 34.0 Å².